The van der Waals surface area contributed by atoms with Gasteiger partial charge in [-0.25, -0.2) is 0 Å². The molecule has 4 rings (SSSR count). The van der Waals surface area contributed by atoms with E-state index in [1.807, 2.05) is 30.3 Å². The fourth-order valence-electron chi connectivity index (χ4n) is 3.81. The maximum Gasteiger partial charge on any atom is 0.269 e. The molecular formula is C24H21N3O6S2. The number of non-ortho nitro benzene ring substituents is 1. The van der Waals surface area contributed by atoms with Crippen molar-refractivity contribution in [3.8, 4) is 0 Å². The van der Waals surface area contributed by atoms with Crippen molar-refractivity contribution in [2.24, 2.45) is 0 Å². The van der Waals surface area contributed by atoms with Gasteiger partial charge in [-0.2, -0.15) is 0 Å². The molecule has 2 atom stereocenters. The molecule has 2 aromatic carbocycles. The van der Waals surface area contributed by atoms with Crippen LogP contribution >= 0.6 is 24.0 Å². The zero-order chi connectivity index (χ0) is 25.1. The van der Waals surface area contributed by atoms with E-state index >= 15 is 0 Å². The van der Waals surface area contributed by atoms with Crippen molar-refractivity contribution >= 4 is 52.3 Å². The highest BCUT2D eigenvalue weighted by Crippen LogP contribution is 2.41. The first-order valence-electron chi connectivity index (χ1n) is 10.7. The summed E-state index contributed by atoms with van der Waals surface area (Å²) in [6, 6.07) is 14.3. The van der Waals surface area contributed by atoms with Crippen molar-refractivity contribution in [2.45, 2.75) is 31.4 Å². The number of rotatable bonds is 8. The fraction of sp³-hybridized carbons (Fsp3) is 0.250. The topological polar surface area (TPSA) is 119 Å². The van der Waals surface area contributed by atoms with Gasteiger partial charge in [0, 0.05) is 23.5 Å². The van der Waals surface area contributed by atoms with E-state index in [0.29, 0.717) is 16.9 Å². The Bertz CT molecular complexity index is 1230. The number of carbonyl (C=O) groups excluding carboxylic acids is 3. The number of ketones is 1. The van der Waals surface area contributed by atoms with Crippen LogP contribution in [-0.2, 0) is 32.1 Å². The van der Waals surface area contributed by atoms with Crippen LogP contribution in [0.3, 0.4) is 0 Å². The van der Waals surface area contributed by atoms with Gasteiger partial charge in [-0.1, -0.05) is 30.3 Å². The second kappa shape index (κ2) is 10.4. The lowest BCUT2D eigenvalue weighted by Gasteiger charge is -2.50. The van der Waals surface area contributed by atoms with Crippen LogP contribution in [0.2, 0.25) is 0 Å². The zero-order valence-corrected chi connectivity index (χ0v) is 20.3. The summed E-state index contributed by atoms with van der Waals surface area (Å²) in [5.74, 6) is -0.532. The van der Waals surface area contributed by atoms with Crippen molar-refractivity contribution in [1.82, 2.24) is 10.2 Å². The van der Waals surface area contributed by atoms with E-state index < -0.39 is 16.3 Å². The molecule has 0 aliphatic carbocycles. The van der Waals surface area contributed by atoms with E-state index in [-0.39, 0.29) is 47.1 Å². The lowest BCUT2D eigenvalue weighted by Crippen LogP contribution is -2.70. The van der Waals surface area contributed by atoms with Gasteiger partial charge in [-0.3, -0.25) is 29.4 Å². The molecule has 0 bridgehead atoms. The SMILES string of the molecule is CC(=O)C1=C(C(=S)OCc2ccc([N+](=O)[O-])cc2)N2C(=O)C(NC(=O)Cc3ccccc3)[C@H]2SC1. The van der Waals surface area contributed by atoms with E-state index in [2.05, 4.69) is 5.32 Å². The first-order valence-corrected chi connectivity index (χ1v) is 12.1. The van der Waals surface area contributed by atoms with E-state index in [1.165, 1.54) is 35.7 Å². The molecule has 11 heteroatoms. The number of carbonyl (C=O) groups is 3. The van der Waals surface area contributed by atoms with E-state index in [9.17, 15) is 24.5 Å². The third-order valence-electron chi connectivity index (χ3n) is 5.63. The molecule has 0 spiro atoms. The number of hydrogen-bond acceptors (Lipinski definition) is 8. The Balaban J connectivity index is 1.44. The van der Waals surface area contributed by atoms with Crippen molar-refractivity contribution < 1.29 is 24.0 Å². The van der Waals surface area contributed by atoms with Gasteiger partial charge in [0.25, 0.3) is 11.6 Å². The number of nitrogens with zero attached hydrogens (tertiary/aromatic N) is 2. The Labute approximate surface area is 210 Å². The molecule has 2 amide bonds. The van der Waals surface area contributed by atoms with Gasteiger partial charge in [0.05, 0.1) is 11.3 Å². The molecule has 180 valence electrons. The summed E-state index contributed by atoms with van der Waals surface area (Å²) in [6.07, 6.45) is 0.153. The van der Waals surface area contributed by atoms with Crippen LogP contribution in [0.1, 0.15) is 18.1 Å². The molecule has 1 N–H and O–H groups in total. The summed E-state index contributed by atoms with van der Waals surface area (Å²) in [4.78, 5) is 49.5. The minimum Gasteiger partial charge on any atom is -0.477 e. The molecule has 9 nitrogen and oxygen atoms in total. The smallest absolute Gasteiger partial charge is 0.269 e. The molecule has 0 aromatic heterocycles. The average Bonchev–Trinajstić information content (AvgIpc) is 2.85. The number of nitrogens with one attached hydrogen (secondary N) is 1. The van der Waals surface area contributed by atoms with E-state index in [0.717, 1.165) is 5.56 Å². The Morgan fingerprint density at radius 1 is 1.17 bits per heavy atom. The van der Waals surface area contributed by atoms with Crippen LogP contribution in [-0.4, -0.2) is 49.6 Å². The van der Waals surface area contributed by atoms with Gasteiger partial charge >= 0.3 is 0 Å². The first kappa shape index (κ1) is 24.6. The number of β-lactam (4-membered cyclic amide) rings is 1. The average molecular weight is 512 g/mol. The number of nitro groups is 1. The highest BCUT2D eigenvalue weighted by atomic mass is 32.2. The Kier molecular flexibility index (Phi) is 7.27. The minimum atomic E-state index is -0.725. The summed E-state index contributed by atoms with van der Waals surface area (Å²) < 4.78 is 5.71. The predicted molar refractivity (Wildman–Crippen MR) is 133 cm³/mol. The Morgan fingerprint density at radius 2 is 1.86 bits per heavy atom. The van der Waals surface area contributed by atoms with Crippen LogP contribution in [0, 0.1) is 10.1 Å². The summed E-state index contributed by atoms with van der Waals surface area (Å²) in [7, 11) is 0. The number of thioether (sulfide) groups is 1. The molecule has 1 unspecified atom stereocenters. The van der Waals surface area contributed by atoms with Gasteiger partial charge in [-0.15, -0.1) is 11.8 Å². The number of nitro benzene ring substituents is 1. The number of ether oxygens (including phenoxy) is 1. The van der Waals surface area contributed by atoms with Gasteiger partial charge in [0.1, 0.15) is 23.7 Å². The lowest BCUT2D eigenvalue weighted by molar-refractivity contribution is -0.384. The van der Waals surface area contributed by atoms with Crippen molar-refractivity contribution in [2.75, 3.05) is 5.75 Å². The highest BCUT2D eigenvalue weighted by Gasteiger charge is 2.54. The molecule has 2 heterocycles. The van der Waals surface area contributed by atoms with Crippen molar-refractivity contribution in [3.05, 3.63) is 87.1 Å². The summed E-state index contributed by atoms with van der Waals surface area (Å²) in [6.45, 7) is 1.42. The molecule has 1 fully saturated rings. The van der Waals surface area contributed by atoms with Gasteiger partial charge in [0.2, 0.25) is 11.0 Å². The number of benzene rings is 2. The minimum absolute atomic E-state index is 0.0127. The molecule has 2 aromatic rings. The molecular weight excluding hydrogens is 490 g/mol. The summed E-state index contributed by atoms with van der Waals surface area (Å²) in [5.41, 5.74) is 2.06. The molecule has 35 heavy (non-hydrogen) atoms. The van der Waals surface area contributed by atoms with Gasteiger partial charge in [0.15, 0.2) is 5.78 Å². The quantitative estimate of drug-likeness (QED) is 0.249. The zero-order valence-electron chi connectivity index (χ0n) is 18.6. The summed E-state index contributed by atoms with van der Waals surface area (Å²) in [5, 5.41) is 13.2. The van der Waals surface area contributed by atoms with Crippen LogP contribution in [0.15, 0.2) is 65.9 Å². The van der Waals surface area contributed by atoms with Gasteiger partial charge in [-0.05, 0) is 42.4 Å². The molecule has 2 aliphatic rings. The second-order valence-electron chi connectivity index (χ2n) is 8.00. The maximum atomic E-state index is 13.0. The highest BCUT2D eigenvalue weighted by molar-refractivity contribution is 8.00. The van der Waals surface area contributed by atoms with E-state index in [1.54, 1.807) is 12.1 Å². The normalized spacial score (nSPS) is 18.9. The third-order valence-corrected chi connectivity index (χ3v) is 7.22. The van der Waals surface area contributed by atoms with Crippen LogP contribution in [0.25, 0.3) is 0 Å². The van der Waals surface area contributed by atoms with E-state index in [4.69, 9.17) is 17.0 Å². The molecule has 2 aliphatic heterocycles. The number of hydrogen-bond donors (Lipinski definition) is 1. The predicted octanol–water partition coefficient (Wildman–Crippen LogP) is 2.92. The van der Waals surface area contributed by atoms with Gasteiger partial charge < -0.3 is 10.1 Å². The first-order chi connectivity index (χ1) is 16.8. The standard InChI is InChI=1S/C24H21N3O6S2/c1-14(28)18-13-35-23-20(25-19(29)11-15-5-3-2-4-6-15)22(30)26(23)21(18)24(34)33-12-16-7-9-17(10-8-16)27(31)32/h2-10,20,23H,11-13H2,1H3,(H,25,29)/t20?,23-/m1/s1. The van der Waals surface area contributed by atoms with Crippen LogP contribution < -0.4 is 5.32 Å². The fourth-order valence-corrected chi connectivity index (χ4v) is 5.51. The Morgan fingerprint density at radius 3 is 2.49 bits per heavy atom. The Hall–Kier alpha value is -3.57. The molecule has 0 saturated carbocycles. The number of amides is 2. The van der Waals surface area contributed by atoms with Crippen LogP contribution in [0.4, 0.5) is 5.69 Å². The number of Topliss-reactive ketones (excluding diaryl/α,β-unsaturated/α-hetero) is 1. The van der Waals surface area contributed by atoms with Crippen molar-refractivity contribution in [1.29, 1.82) is 0 Å². The van der Waals surface area contributed by atoms with Crippen LogP contribution in [0.5, 0.6) is 0 Å². The molecule has 0 radical (unpaired) electrons. The lowest BCUT2D eigenvalue weighted by atomic mass is 10.0. The third kappa shape index (κ3) is 5.25. The number of fused-ring (bicyclic) bond motifs is 1. The number of thiocarbonyl (C=S) groups is 1. The second-order valence-corrected chi connectivity index (χ2v) is 9.48. The monoisotopic (exact) mass is 511 g/mol. The summed E-state index contributed by atoms with van der Waals surface area (Å²) >= 11 is 6.82. The van der Waals surface area contributed by atoms with Crippen molar-refractivity contribution in [3.63, 3.8) is 0 Å². The maximum absolute atomic E-state index is 13.0. The molecule has 1 saturated heterocycles. The largest absolute Gasteiger partial charge is 0.477 e.